The van der Waals surface area contributed by atoms with Crippen molar-refractivity contribution in [2.24, 2.45) is 10.7 Å². The molecule has 2 rings (SSSR count). The number of nitrogens with two attached hydrogens (primary N) is 1. The number of benzene rings is 2. The first-order chi connectivity index (χ1) is 12.3. The average Bonchev–Trinajstić information content (AvgIpc) is 2.57. The van der Waals surface area contributed by atoms with Crippen LogP contribution in [-0.2, 0) is 6.54 Å². The molecule has 0 saturated carbocycles. The quantitative estimate of drug-likeness (QED) is 0.339. The van der Waals surface area contributed by atoms with Crippen LogP contribution in [-0.4, -0.2) is 25.5 Å². The Balaban J connectivity index is 1.72. The molecular weight excluding hydrogens is 354 g/mol. The molecule has 0 fully saturated rings. The van der Waals surface area contributed by atoms with Gasteiger partial charge in [-0.2, -0.15) is 0 Å². The van der Waals surface area contributed by atoms with E-state index in [0.29, 0.717) is 17.9 Å². The molecule has 0 bridgehead atoms. The van der Waals surface area contributed by atoms with Crippen molar-refractivity contribution in [3.63, 3.8) is 0 Å². The largest absolute Gasteiger partial charge is 0.573 e. The molecule has 0 saturated heterocycles. The number of guanidine groups is 1. The summed E-state index contributed by atoms with van der Waals surface area (Å²) in [6, 6.07) is 11.1. The van der Waals surface area contributed by atoms with Crippen molar-refractivity contribution in [1.82, 2.24) is 5.32 Å². The van der Waals surface area contributed by atoms with E-state index in [0.717, 1.165) is 0 Å². The Morgan fingerprint density at radius 2 is 1.81 bits per heavy atom. The molecule has 0 amide bonds. The fourth-order valence-electron chi connectivity index (χ4n) is 1.93. The van der Waals surface area contributed by atoms with Crippen LogP contribution >= 0.6 is 0 Å². The summed E-state index contributed by atoms with van der Waals surface area (Å²) in [6.07, 6.45) is -4.72. The van der Waals surface area contributed by atoms with Gasteiger partial charge >= 0.3 is 6.36 Å². The Labute approximate surface area is 147 Å². The first kappa shape index (κ1) is 19.4. The number of halogens is 4. The van der Waals surface area contributed by atoms with Gasteiger partial charge in [-0.05, 0) is 29.8 Å². The zero-order valence-corrected chi connectivity index (χ0v) is 13.6. The summed E-state index contributed by atoms with van der Waals surface area (Å²) >= 11 is 0. The number of nitrogens with one attached hydrogen (secondary N) is 1. The van der Waals surface area contributed by atoms with Crippen LogP contribution in [0.15, 0.2) is 53.5 Å². The van der Waals surface area contributed by atoms with Crippen molar-refractivity contribution >= 4 is 5.96 Å². The maximum atomic E-state index is 13.0. The minimum absolute atomic E-state index is 0.156. The lowest BCUT2D eigenvalue weighted by Gasteiger charge is -2.09. The molecule has 0 aliphatic heterocycles. The van der Waals surface area contributed by atoms with E-state index in [2.05, 4.69) is 15.0 Å². The third-order valence-corrected chi connectivity index (χ3v) is 3.06. The molecule has 26 heavy (non-hydrogen) atoms. The van der Waals surface area contributed by atoms with Crippen molar-refractivity contribution in [2.45, 2.75) is 12.9 Å². The summed E-state index contributed by atoms with van der Waals surface area (Å²) in [4.78, 5) is 4.06. The molecule has 2 aromatic rings. The molecule has 5 nitrogen and oxygen atoms in total. The lowest BCUT2D eigenvalue weighted by atomic mass is 10.2. The van der Waals surface area contributed by atoms with Crippen LogP contribution < -0.4 is 20.5 Å². The monoisotopic (exact) mass is 371 g/mol. The normalized spacial score (nSPS) is 11.9. The number of hydrogen-bond donors (Lipinski definition) is 2. The second-order valence-corrected chi connectivity index (χ2v) is 5.13. The van der Waals surface area contributed by atoms with Crippen molar-refractivity contribution in [3.8, 4) is 11.5 Å². The van der Waals surface area contributed by atoms with Crippen LogP contribution in [0, 0.1) is 5.82 Å². The molecule has 0 aliphatic rings. The van der Waals surface area contributed by atoms with E-state index in [9.17, 15) is 17.6 Å². The van der Waals surface area contributed by atoms with Crippen LogP contribution in [0.1, 0.15) is 5.56 Å². The molecule has 9 heteroatoms. The smallest absolute Gasteiger partial charge is 0.492 e. The van der Waals surface area contributed by atoms with Gasteiger partial charge in [-0.15, -0.1) is 13.2 Å². The van der Waals surface area contributed by atoms with Crippen LogP contribution in [0.3, 0.4) is 0 Å². The summed E-state index contributed by atoms with van der Waals surface area (Å²) in [6.45, 7) is 0.795. The Morgan fingerprint density at radius 3 is 2.46 bits per heavy atom. The van der Waals surface area contributed by atoms with Gasteiger partial charge in [-0.25, -0.2) is 9.38 Å². The summed E-state index contributed by atoms with van der Waals surface area (Å²) < 4.78 is 58.3. The van der Waals surface area contributed by atoms with E-state index >= 15 is 0 Å². The lowest BCUT2D eigenvalue weighted by molar-refractivity contribution is -0.274. The van der Waals surface area contributed by atoms with Crippen LogP contribution in [0.2, 0.25) is 0 Å². The Bertz CT molecular complexity index is 734. The highest BCUT2D eigenvalue weighted by molar-refractivity contribution is 5.77. The van der Waals surface area contributed by atoms with Crippen LogP contribution in [0.5, 0.6) is 11.5 Å². The number of aliphatic imine (C=N–C) groups is 1. The van der Waals surface area contributed by atoms with Crippen LogP contribution in [0.25, 0.3) is 0 Å². The van der Waals surface area contributed by atoms with Crippen LogP contribution in [0.4, 0.5) is 17.6 Å². The van der Waals surface area contributed by atoms with Crippen molar-refractivity contribution < 1.29 is 27.0 Å². The second-order valence-electron chi connectivity index (χ2n) is 5.13. The standard InChI is InChI=1S/C17H17F4N3O2/c18-13-2-1-3-15(10-13)25-9-8-23-16(22)24-11-12-4-6-14(7-5-12)26-17(19,20)21/h1-7,10H,8-9,11H2,(H3,22,23,24). The molecule has 0 atom stereocenters. The number of rotatable bonds is 7. The fraction of sp³-hybridized carbons (Fsp3) is 0.235. The fourth-order valence-corrected chi connectivity index (χ4v) is 1.93. The highest BCUT2D eigenvalue weighted by Crippen LogP contribution is 2.22. The van der Waals surface area contributed by atoms with E-state index in [1.807, 2.05) is 0 Å². The molecule has 0 aromatic heterocycles. The lowest BCUT2D eigenvalue weighted by Crippen LogP contribution is -2.34. The van der Waals surface area contributed by atoms with Crippen molar-refractivity contribution in [1.29, 1.82) is 0 Å². The molecule has 3 N–H and O–H groups in total. The third-order valence-electron chi connectivity index (χ3n) is 3.06. The minimum atomic E-state index is -4.72. The number of nitrogens with zero attached hydrogens (tertiary/aromatic N) is 1. The highest BCUT2D eigenvalue weighted by Gasteiger charge is 2.30. The second kappa shape index (κ2) is 8.93. The molecule has 0 heterocycles. The van der Waals surface area contributed by atoms with Gasteiger partial charge in [-0.1, -0.05) is 18.2 Å². The summed E-state index contributed by atoms with van der Waals surface area (Å²) in [5.74, 6) is -0.124. The van der Waals surface area contributed by atoms with Gasteiger partial charge in [-0.3, -0.25) is 0 Å². The SMILES string of the molecule is NC(=NCc1ccc(OC(F)(F)F)cc1)NCCOc1cccc(F)c1. The number of alkyl halides is 3. The predicted octanol–water partition coefficient (Wildman–Crippen LogP) is 3.21. The topological polar surface area (TPSA) is 68.9 Å². The molecule has 0 radical (unpaired) electrons. The van der Waals surface area contributed by atoms with Gasteiger partial charge in [0.15, 0.2) is 5.96 Å². The molecular formula is C17H17F4N3O2. The van der Waals surface area contributed by atoms with E-state index in [-0.39, 0.29) is 30.7 Å². The first-order valence-electron chi connectivity index (χ1n) is 7.59. The zero-order valence-electron chi connectivity index (χ0n) is 13.6. The molecule has 140 valence electrons. The van der Waals surface area contributed by atoms with Gasteiger partial charge in [0.05, 0.1) is 13.1 Å². The molecule has 0 aliphatic carbocycles. The summed E-state index contributed by atoms with van der Waals surface area (Å²) in [5, 5.41) is 2.82. The molecule has 0 unspecified atom stereocenters. The average molecular weight is 371 g/mol. The van der Waals surface area contributed by atoms with E-state index in [4.69, 9.17) is 10.5 Å². The minimum Gasteiger partial charge on any atom is -0.492 e. The van der Waals surface area contributed by atoms with Gasteiger partial charge in [0.2, 0.25) is 0 Å². The van der Waals surface area contributed by atoms with E-state index < -0.39 is 6.36 Å². The zero-order chi connectivity index (χ0) is 19.0. The molecule has 2 aromatic carbocycles. The highest BCUT2D eigenvalue weighted by atomic mass is 19.4. The van der Waals surface area contributed by atoms with Gasteiger partial charge in [0.1, 0.15) is 23.9 Å². The Kier molecular flexibility index (Phi) is 6.65. The maximum Gasteiger partial charge on any atom is 0.573 e. The molecule has 0 spiro atoms. The van der Waals surface area contributed by atoms with Crippen molar-refractivity contribution in [3.05, 3.63) is 59.9 Å². The Morgan fingerprint density at radius 1 is 1.08 bits per heavy atom. The van der Waals surface area contributed by atoms with Gasteiger partial charge < -0.3 is 20.5 Å². The third kappa shape index (κ3) is 7.29. The number of hydrogen-bond acceptors (Lipinski definition) is 3. The first-order valence-corrected chi connectivity index (χ1v) is 7.59. The predicted molar refractivity (Wildman–Crippen MR) is 88.3 cm³/mol. The van der Waals surface area contributed by atoms with Gasteiger partial charge in [0.25, 0.3) is 0 Å². The van der Waals surface area contributed by atoms with Gasteiger partial charge in [0, 0.05) is 6.07 Å². The Hall–Kier alpha value is -2.97. The summed E-state index contributed by atoms with van der Waals surface area (Å²) in [7, 11) is 0. The van der Waals surface area contributed by atoms with E-state index in [1.54, 1.807) is 12.1 Å². The van der Waals surface area contributed by atoms with Crippen molar-refractivity contribution in [2.75, 3.05) is 13.2 Å². The van der Waals surface area contributed by atoms with E-state index in [1.165, 1.54) is 36.4 Å². The number of ether oxygens (including phenoxy) is 2. The maximum absolute atomic E-state index is 13.0. The summed E-state index contributed by atoms with van der Waals surface area (Å²) in [5.41, 5.74) is 6.36.